The molecular formula is C29H34O7. The molecule has 0 aliphatic carbocycles. The summed E-state index contributed by atoms with van der Waals surface area (Å²) < 4.78 is 35.2. The molecule has 1 N–H and O–H groups in total. The molecule has 36 heavy (non-hydrogen) atoms. The Balaban J connectivity index is 1.43. The van der Waals surface area contributed by atoms with E-state index in [4.69, 9.17) is 28.4 Å². The van der Waals surface area contributed by atoms with Crippen molar-refractivity contribution in [2.75, 3.05) is 20.8 Å². The minimum absolute atomic E-state index is 0.170. The summed E-state index contributed by atoms with van der Waals surface area (Å²) in [6, 6.07) is 27.3. The maximum absolute atomic E-state index is 11.3. The van der Waals surface area contributed by atoms with Gasteiger partial charge in [0, 0.05) is 7.11 Å². The normalized spacial score (nSPS) is 23.9. The molecule has 3 aromatic carbocycles. The van der Waals surface area contributed by atoms with Gasteiger partial charge in [-0.15, -0.1) is 0 Å². The summed E-state index contributed by atoms with van der Waals surface area (Å²) in [6.07, 6.45) is -3.66. The van der Waals surface area contributed by atoms with E-state index in [9.17, 15) is 5.11 Å². The minimum Gasteiger partial charge on any atom is -0.497 e. The average molecular weight is 495 g/mol. The zero-order valence-electron chi connectivity index (χ0n) is 20.7. The van der Waals surface area contributed by atoms with Gasteiger partial charge in [-0.3, -0.25) is 0 Å². The summed E-state index contributed by atoms with van der Waals surface area (Å²) in [7, 11) is 3.19. The first-order chi connectivity index (χ1) is 17.7. The average Bonchev–Trinajstić information content (AvgIpc) is 2.93. The number of benzene rings is 3. The van der Waals surface area contributed by atoms with Gasteiger partial charge in [-0.1, -0.05) is 72.8 Å². The molecule has 0 unspecified atom stereocenters. The van der Waals surface area contributed by atoms with E-state index in [-0.39, 0.29) is 6.61 Å². The first kappa shape index (κ1) is 26.3. The maximum atomic E-state index is 11.3. The lowest BCUT2D eigenvalue weighted by molar-refractivity contribution is -0.315. The number of rotatable bonds is 12. The molecule has 4 rings (SSSR count). The van der Waals surface area contributed by atoms with Crippen LogP contribution in [0.3, 0.4) is 0 Å². The fourth-order valence-corrected chi connectivity index (χ4v) is 4.13. The molecule has 5 atom stereocenters. The molecule has 1 heterocycles. The molecule has 192 valence electrons. The first-order valence-corrected chi connectivity index (χ1v) is 12.1. The second-order valence-electron chi connectivity index (χ2n) is 8.65. The maximum Gasteiger partial charge on any atom is 0.186 e. The predicted molar refractivity (Wildman–Crippen MR) is 134 cm³/mol. The van der Waals surface area contributed by atoms with Crippen LogP contribution in [-0.2, 0) is 43.5 Å². The van der Waals surface area contributed by atoms with E-state index in [2.05, 4.69) is 0 Å². The minimum atomic E-state index is -0.975. The highest BCUT2D eigenvalue weighted by Gasteiger charge is 2.47. The molecule has 3 aromatic rings. The number of hydrogen-bond donors (Lipinski definition) is 1. The van der Waals surface area contributed by atoms with Crippen LogP contribution in [0.1, 0.15) is 16.7 Å². The number of hydrogen-bond acceptors (Lipinski definition) is 7. The number of aliphatic hydroxyl groups excluding tert-OH is 1. The van der Waals surface area contributed by atoms with Crippen LogP contribution < -0.4 is 4.74 Å². The summed E-state index contributed by atoms with van der Waals surface area (Å²) in [4.78, 5) is 0. The van der Waals surface area contributed by atoms with Gasteiger partial charge in [0.05, 0.1) is 33.5 Å². The Morgan fingerprint density at radius 2 is 1.25 bits per heavy atom. The van der Waals surface area contributed by atoms with Gasteiger partial charge in [0.1, 0.15) is 30.2 Å². The van der Waals surface area contributed by atoms with Crippen LogP contribution in [0.2, 0.25) is 0 Å². The molecule has 0 aromatic heterocycles. The van der Waals surface area contributed by atoms with Crippen LogP contribution in [0.4, 0.5) is 0 Å². The second kappa shape index (κ2) is 13.5. The van der Waals surface area contributed by atoms with Gasteiger partial charge in [0.2, 0.25) is 0 Å². The Hall–Kier alpha value is -2.78. The Kier molecular flexibility index (Phi) is 9.86. The van der Waals surface area contributed by atoms with Crippen molar-refractivity contribution < 1.29 is 33.5 Å². The molecule has 0 spiro atoms. The van der Waals surface area contributed by atoms with E-state index >= 15 is 0 Å². The smallest absolute Gasteiger partial charge is 0.186 e. The van der Waals surface area contributed by atoms with E-state index in [1.807, 2.05) is 84.9 Å². The topological polar surface area (TPSA) is 75.6 Å². The van der Waals surface area contributed by atoms with Crippen molar-refractivity contribution in [1.29, 1.82) is 0 Å². The summed E-state index contributed by atoms with van der Waals surface area (Å²) in [6.45, 7) is 1.20. The van der Waals surface area contributed by atoms with Gasteiger partial charge in [-0.25, -0.2) is 0 Å². The molecule has 0 saturated carbocycles. The van der Waals surface area contributed by atoms with E-state index < -0.39 is 30.7 Å². The van der Waals surface area contributed by atoms with E-state index in [1.54, 1.807) is 14.2 Å². The van der Waals surface area contributed by atoms with Crippen LogP contribution in [0.5, 0.6) is 5.75 Å². The highest BCUT2D eigenvalue weighted by Crippen LogP contribution is 2.28. The van der Waals surface area contributed by atoms with E-state index in [0.29, 0.717) is 19.8 Å². The highest BCUT2D eigenvalue weighted by atomic mass is 16.7. The largest absolute Gasteiger partial charge is 0.497 e. The van der Waals surface area contributed by atoms with Gasteiger partial charge >= 0.3 is 0 Å². The van der Waals surface area contributed by atoms with Crippen molar-refractivity contribution in [3.8, 4) is 5.75 Å². The Labute approximate surface area is 212 Å². The Bertz CT molecular complexity index is 1010. The van der Waals surface area contributed by atoms with Crippen molar-refractivity contribution in [3.05, 3.63) is 102 Å². The first-order valence-electron chi connectivity index (χ1n) is 12.1. The molecule has 1 saturated heterocycles. The molecular weight excluding hydrogens is 460 g/mol. The summed E-state index contributed by atoms with van der Waals surface area (Å²) in [5.41, 5.74) is 3.00. The number of ether oxygens (including phenoxy) is 6. The zero-order valence-corrected chi connectivity index (χ0v) is 20.7. The van der Waals surface area contributed by atoms with Crippen molar-refractivity contribution in [2.45, 2.75) is 50.5 Å². The fourth-order valence-electron chi connectivity index (χ4n) is 4.13. The van der Waals surface area contributed by atoms with E-state index in [1.165, 1.54) is 0 Å². The van der Waals surface area contributed by atoms with Crippen LogP contribution in [0, 0.1) is 0 Å². The van der Waals surface area contributed by atoms with Gasteiger partial charge < -0.3 is 33.5 Å². The SMILES string of the molecule is COc1ccc(COC[C@H]2O[C@H](OC)[C@H](OCc3ccccc3)[C@@H](OCc3ccccc3)[C@@H]2O)cc1. The lowest BCUT2D eigenvalue weighted by Gasteiger charge is -2.43. The Morgan fingerprint density at radius 3 is 1.81 bits per heavy atom. The van der Waals surface area contributed by atoms with Crippen molar-refractivity contribution >= 4 is 0 Å². The molecule has 0 amide bonds. The van der Waals surface area contributed by atoms with Gasteiger partial charge in [-0.2, -0.15) is 0 Å². The summed E-state index contributed by atoms with van der Waals surface area (Å²) in [5, 5.41) is 11.3. The molecule has 0 radical (unpaired) electrons. The molecule has 7 heteroatoms. The number of aliphatic hydroxyl groups is 1. The quantitative estimate of drug-likeness (QED) is 0.406. The monoisotopic (exact) mass is 494 g/mol. The van der Waals surface area contributed by atoms with Gasteiger partial charge in [-0.05, 0) is 28.8 Å². The van der Waals surface area contributed by atoms with Crippen LogP contribution in [0.15, 0.2) is 84.9 Å². The third kappa shape index (κ3) is 7.13. The summed E-state index contributed by atoms with van der Waals surface area (Å²) >= 11 is 0. The lowest BCUT2D eigenvalue weighted by Crippen LogP contribution is -2.60. The molecule has 7 nitrogen and oxygen atoms in total. The van der Waals surface area contributed by atoms with Crippen LogP contribution >= 0.6 is 0 Å². The number of methoxy groups -OCH3 is 2. The molecule has 1 aliphatic heterocycles. The van der Waals surface area contributed by atoms with E-state index in [0.717, 1.165) is 22.4 Å². The third-order valence-electron chi connectivity index (χ3n) is 6.13. The predicted octanol–water partition coefficient (Wildman–Crippen LogP) is 4.11. The fraction of sp³-hybridized carbons (Fsp3) is 0.379. The van der Waals surface area contributed by atoms with Crippen molar-refractivity contribution in [2.24, 2.45) is 0 Å². The lowest BCUT2D eigenvalue weighted by atomic mass is 9.98. The van der Waals surface area contributed by atoms with Crippen LogP contribution in [0.25, 0.3) is 0 Å². The highest BCUT2D eigenvalue weighted by molar-refractivity contribution is 5.26. The molecule has 1 fully saturated rings. The molecule has 1 aliphatic rings. The van der Waals surface area contributed by atoms with Crippen molar-refractivity contribution in [1.82, 2.24) is 0 Å². The van der Waals surface area contributed by atoms with Gasteiger partial charge in [0.25, 0.3) is 0 Å². The summed E-state index contributed by atoms with van der Waals surface area (Å²) in [5.74, 6) is 0.785. The Morgan fingerprint density at radius 1 is 0.694 bits per heavy atom. The second-order valence-corrected chi connectivity index (χ2v) is 8.65. The molecule has 0 bridgehead atoms. The van der Waals surface area contributed by atoms with Gasteiger partial charge in [0.15, 0.2) is 6.29 Å². The van der Waals surface area contributed by atoms with Crippen LogP contribution in [-0.4, -0.2) is 56.6 Å². The third-order valence-corrected chi connectivity index (χ3v) is 6.13. The zero-order chi connectivity index (χ0) is 25.2. The van der Waals surface area contributed by atoms with Crippen molar-refractivity contribution in [3.63, 3.8) is 0 Å². The standard InChI is InChI=1S/C29H34O7/c1-31-24-15-13-23(14-16-24)17-33-20-25-26(30)27(34-18-21-9-5-3-6-10-21)28(29(32-2)36-25)35-19-22-11-7-4-8-12-22/h3-16,25-30H,17-20H2,1-2H3/t25-,26-,27+,28-,29+/m1/s1.